The summed E-state index contributed by atoms with van der Waals surface area (Å²) in [6, 6.07) is 0. The Labute approximate surface area is 347 Å². The zero-order chi connectivity index (χ0) is 40.8. The lowest BCUT2D eigenvalue weighted by molar-refractivity contribution is -0.145. The van der Waals surface area contributed by atoms with Gasteiger partial charge in [0, 0.05) is 19.6 Å². The topological polar surface area (TPSA) is 94.2 Å². The molecule has 0 saturated heterocycles. The third-order valence-corrected chi connectivity index (χ3v) is 10.9. The molecule has 1 N–H and O–H groups in total. The summed E-state index contributed by atoms with van der Waals surface area (Å²) < 4.78 is 16.5. The molecule has 332 valence electrons. The Hall–Kier alpha value is -1.67. The first-order valence-corrected chi connectivity index (χ1v) is 24.4. The minimum atomic E-state index is -0.163. The Balaban J connectivity index is 4.25. The lowest BCUT2D eigenvalue weighted by Crippen LogP contribution is -2.32. The van der Waals surface area contributed by atoms with Crippen molar-refractivity contribution in [3.63, 3.8) is 0 Å². The second-order valence-corrected chi connectivity index (χ2v) is 16.4. The summed E-state index contributed by atoms with van der Waals surface area (Å²) in [5.74, 6) is -0.463. The van der Waals surface area contributed by atoms with E-state index in [-0.39, 0.29) is 17.9 Å². The summed E-state index contributed by atoms with van der Waals surface area (Å²) in [5.41, 5.74) is 0. The van der Waals surface area contributed by atoms with Crippen LogP contribution in [0.25, 0.3) is 0 Å². The maximum Gasteiger partial charge on any atom is 0.307 e. The molecule has 0 amide bonds. The molecule has 0 aliphatic rings. The van der Waals surface area contributed by atoms with Crippen molar-refractivity contribution in [3.8, 4) is 0 Å². The van der Waals surface area contributed by atoms with E-state index in [9.17, 15) is 14.4 Å². The normalized spacial score (nSPS) is 11.4. The fourth-order valence-corrected chi connectivity index (χ4v) is 7.12. The first-order valence-electron chi connectivity index (χ1n) is 24.4. The molecule has 0 aliphatic heterocycles. The van der Waals surface area contributed by atoms with Gasteiger partial charge in [-0.15, -0.1) is 0 Å². The van der Waals surface area contributed by atoms with Gasteiger partial charge < -0.3 is 24.4 Å². The van der Waals surface area contributed by atoms with Gasteiger partial charge in [-0.1, -0.05) is 194 Å². The van der Waals surface area contributed by atoms with Gasteiger partial charge in [-0.3, -0.25) is 14.4 Å². The van der Waals surface area contributed by atoms with E-state index < -0.39 is 0 Å². The maximum absolute atomic E-state index is 12.5. The number of rotatable bonds is 46. The van der Waals surface area contributed by atoms with Gasteiger partial charge in [-0.05, 0) is 38.8 Å². The molecule has 0 saturated carbocycles. The van der Waals surface area contributed by atoms with Gasteiger partial charge >= 0.3 is 17.9 Å². The molecular weight excluding hydrogens is 701 g/mol. The molecule has 0 rings (SSSR count). The molecule has 0 aromatic carbocycles. The SMILES string of the molecule is CCCCCCCCCCCCOC(=O)CCNCCCN(CCC(=O)OCCCCCCCCCCCC)CCC(=O)OCCCCCCCCCCCC. The molecule has 0 bridgehead atoms. The molecule has 0 atom stereocenters. The van der Waals surface area contributed by atoms with E-state index in [1.165, 1.54) is 154 Å². The highest BCUT2D eigenvalue weighted by molar-refractivity contribution is 5.70. The van der Waals surface area contributed by atoms with Crippen LogP contribution in [0.4, 0.5) is 0 Å². The zero-order valence-corrected chi connectivity index (χ0v) is 37.6. The van der Waals surface area contributed by atoms with E-state index in [1.54, 1.807) is 0 Å². The highest BCUT2D eigenvalue weighted by atomic mass is 16.5. The van der Waals surface area contributed by atoms with Gasteiger partial charge in [-0.25, -0.2) is 0 Å². The maximum atomic E-state index is 12.5. The minimum absolute atomic E-state index is 0.136. The highest BCUT2D eigenvalue weighted by Crippen LogP contribution is 2.13. The average molecular weight is 795 g/mol. The summed E-state index contributed by atoms with van der Waals surface area (Å²) in [5, 5.41) is 3.36. The van der Waals surface area contributed by atoms with Gasteiger partial charge in [0.1, 0.15) is 0 Å². The van der Waals surface area contributed by atoms with Crippen molar-refractivity contribution in [1.29, 1.82) is 0 Å². The summed E-state index contributed by atoms with van der Waals surface area (Å²) in [6.45, 7) is 11.5. The van der Waals surface area contributed by atoms with Crippen LogP contribution in [-0.4, -0.2) is 75.4 Å². The number of hydrogen-bond donors (Lipinski definition) is 1. The molecule has 8 nitrogen and oxygen atoms in total. The quantitative estimate of drug-likeness (QED) is 0.0370. The number of hydrogen-bond acceptors (Lipinski definition) is 8. The molecule has 56 heavy (non-hydrogen) atoms. The van der Waals surface area contributed by atoms with Crippen LogP contribution < -0.4 is 5.32 Å². The van der Waals surface area contributed by atoms with Crippen molar-refractivity contribution in [2.45, 2.75) is 239 Å². The van der Waals surface area contributed by atoms with E-state index in [4.69, 9.17) is 14.2 Å². The van der Waals surface area contributed by atoms with E-state index in [1.807, 2.05) is 0 Å². The summed E-state index contributed by atoms with van der Waals surface area (Å²) in [6.07, 6.45) is 39.6. The number of carbonyl (C=O) groups is 3. The Kier molecular flexibility index (Phi) is 44.7. The van der Waals surface area contributed by atoms with Crippen molar-refractivity contribution in [2.75, 3.05) is 52.5 Å². The number of nitrogens with one attached hydrogen (secondary N) is 1. The predicted octanol–water partition coefficient (Wildman–Crippen LogP) is 12.8. The van der Waals surface area contributed by atoms with E-state index >= 15 is 0 Å². The Morgan fingerprint density at radius 2 is 0.625 bits per heavy atom. The third-order valence-electron chi connectivity index (χ3n) is 10.9. The molecule has 8 heteroatoms. The van der Waals surface area contributed by atoms with Gasteiger partial charge in [0.15, 0.2) is 0 Å². The predicted molar refractivity (Wildman–Crippen MR) is 236 cm³/mol. The first kappa shape index (κ1) is 54.3. The Morgan fingerprint density at radius 3 is 0.946 bits per heavy atom. The molecule has 0 spiro atoms. The molecule has 0 heterocycles. The van der Waals surface area contributed by atoms with Gasteiger partial charge in [0.25, 0.3) is 0 Å². The van der Waals surface area contributed by atoms with Crippen LogP contribution in [0.5, 0.6) is 0 Å². The van der Waals surface area contributed by atoms with Crippen LogP contribution in [-0.2, 0) is 28.6 Å². The van der Waals surface area contributed by atoms with Gasteiger partial charge in [0.2, 0.25) is 0 Å². The van der Waals surface area contributed by atoms with E-state index in [2.05, 4.69) is 31.0 Å². The zero-order valence-electron chi connectivity index (χ0n) is 37.6. The highest BCUT2D eigenvalue weighted by Gasteiger charge is 2.13. The van der Waals surface area contributed by atoms with Gasteiger partial charge in [0.05, 0.1) is 39.1 Å². The number of carbonyl (C=O) groups excluding carboxylic acids is 3. The average Bonchev–Trinajstić information content (AvgIpc) is 3.20. The molecule has 0 aromatic heterocycles. The van der Waals surface area contributed by atoms with E-state index in [0.717, 1.165) is 58.0 Å². The monoisotopic (exact) mass is 795 g/mol. The lowest BCUT2D eigenvalue weighted by Gasteiger charge is -2.21. The second-order valence-electron chi connectivity index (χ2n) is 16.4. The smallest absolute Gasteiger partial charge is 0.307 e. The molecule has 0 aromatic rings. The van der Waals surface area contributed by atoms with Crippen LogP contribution in [0.2, 0.25) is 0 Å². The second kappa shape index (κ2) is 46.0. The van der Waals surface area contributed by atoms with Gasteiger partial charge in [-0.2, -0.15) is 0 Å². The fourth-order valence-electron chi connectivity index (χ4n) is 7.12. The standard InChI is InChI=1S/C48H94N2O6/c1-4-7-10-13-16-19-22-25-28-31-43-54-46(51)35-39-49-38-34-40-50(41-36-47(52)55-44-32-29-26-23-20-17-14-11-8-5-2)42-37-48(53)56-45-33-30-27-24-21-18-15-12-9-6-3/h49H,4-45H2,1-3H3. The van der Waals surface area contributed by atoms with Crippen molar-refractivity contribution < 1.29 is 28.6 Å². The van der Waals surface area contributed by atoms with Crippen molar-refractivity contribution in [3.05, 3.63) is 0 Å². The van der Waals surface area contributed by atoms with Crippen LogP contribution in [0, 0.1) is 0 Å². The molecular formula is C48H94N2O6. The number of nitrogens with zero attached hydrogens (tertiary/aromatic N) is 1. The Bertz CT molecular complexity index is 798. The number of ether oxygens (including phenoxy) is 3. The molecule has 0 unspecified atom stereocenters. The fraction of sp³-hybridized carbons (Fsp3) is 0.938. The summed E-state index contributed by atoms with van der Waals surface area (Å²) in [7, 11) is 0. The lowest BCUT2D eigenvalue weighted by atomic mass is 10.1. The van der Waals surface area contributed by atoms with Crippen molar-refractivity contribution >= 4 is 17.9 Å². The van der Waals surface area contributed by atoms with Crippen molar-refractivity contribution in [2.24, 2.45) is 0 Å². The summed E-state index contributed by atoms with van der Waals surface area (Å²) in [4.78, 5) is 39.4. The van der Waals surface area contributed by atoms with Crippen molar-refractivity contribution in [1.82, 2.24) is 10.2 Å². The van der Waals surface area contributed by atoms with Crippen LogP contribution in [0.3, 0.4) is 0 Å². The Morgan fingerprint density at radius 1 is 0.339 bits per heavy atom. The van der Waals surface area contributed by atoms with Crippen LogP contribution in [0.15, 0.2) is 0 Å². The summed E-state index contributed by atoms with van der Waals surface area (Å²) >= 11 is 0. The minimum Gasteiger partial charge on any atom is -0.466 e. The first-order chi connectivity index (χ1) is 27.5. The molecule has 0 fully saturated rings. The number of esters is 3. The van der Waals surface area contributed by atoms with Crippen LogP contribution >= 0.6 is 0 Å². The largest absolute Gasteiger partial charge is 0.466 e. The third kappa shape index (κ3) is 43.5. The van der Waals surface area contributed by atoms with E-state index in [0.29, 0.717) is 58.7 Å². The number of unbranched alkanes of at least 4 members (excludes halogenated alkanes) is 27. The van der Waals surface area contributed by atoms with Crippen LogP contribution in [0.1, 0.15) is 239 Å². The molecule has 0 aliphatic carbocycles. The molecule has 0 radical (unpaired) electrons.